The second kappa shape index (κ2) is 12.3. The van der Waals surface area contributed by atoms with Crippen LogP contribution in [0.5, 0.6) is 5.75 Å². The molecule has 8 nitrogen and oxygen atoms in total. The van der Waals surface area contributed by atoms with Crippen molar-refractivity contribution in [3.63, 3.8) is 0 Å². The lowest BCUT2D eigenvalue weighted by molar-refractivity contribution is -0.136. The maximum atomic E-state index is 13.0. The number of amides is 2. The summed E-state index contributed by atoms with van der Waals surface area (Å²) in [6, 6.07) is 9.79. The van der Waals surface area contributed by atoms with Crippen molar-refractivity contribution in [1.82, 2.24) is 15.1 Å². The molecule has 3 fully saturated rings. The zero-order valence-electron chi connectivity index (χ0n) is 19.5. The molecule has 3 atom stereocenters. The molecule has 33 heavy (non-hydrogen) atoms. The quantitative estimate of drug-likeness (QED) is 0.604. The molecule has 1 aromatic rings. The molecule has 3 heterocycles. The van der Waals surface area contributed by atoms with Crippen LogP contribution < -0.4 is 10.1 Å². The van der Waals surface area contributed by atoms with E-state index < -0.39 is 0 Å². The lowest BCUT2D eigenvalue weighted by Crippen LogP contribution is -2.53. The van der Waals surface area contributed by atoms with Crippen LogP contribution in [0, 0.1) is 11.8 Å². The van der Waals surface area contributed by atoms with E-state index >= 15 is 0 Å². The van der Waals surface area contributed by atoms with Crippen molar-refractivity contribution in [2.45, 2.75) is 31.7 Å². The topological polar surface area (TPSA) is 80.3 Å². The Morgan fingerprint density at radius 3 is 2.64 bits per heavy atom. The fourth-order valence-electron chi connectivity index (χ4n) is 5.06. The highest BCUT2D eigenvalue weighted by molar-refractivity contribution is 5.81. The summed E-state index contributed by atoms with van der Waals surface area (Å²) in [5, 5.41) is 3.21. The minimum Gasteiger partial charge on any atom is -0.493 e. The standard InChI is InChI=1S/C25H37N3O5/c29-24(9-14-33-22-6-2-1-3-7-22)28-10-4-5-20(18-28)25(30)26-17-23(21-8-13-32-19-21)27-11-15-31-16-12-27/h1-3,6-7,20-21,23H,4-5,8-19H2,(H,26,30). The van der Waals surface area contributed by atoms with E-state index in [1.807, 2.05) is 35.2 Å². The Balaban J connectivity index is 1.23. The predicted octanol–water partition coefficient (Wildman–Crippen LogP) is 1.55. The zero-order chi connectivity index (χ0) is 22.9. The second-order valence-electron chi connectivity index (χ2n) is 9.17. The summed E-state index contributed by atoms with van der Waals surface area (Å²) in [6.07, 6.45) is 3.04. The number of carbonyl (C=O) groups excluding carboxylic acids is 2. The Hall–Kier alpha value is -2.16. The Bertz CT molecular complexity index is 750. The molecule has 4 rings (SSSR count). The van der Waals surface area contributed by atoms with Gasteiger partial charge < -0.3 is 24.4 Å². The minimum atomic E-state index is -0.150. The third-order valence-corrected chi connectivity index (χ3v) is 6.98. The van der Waals surface area contributed by atoms with Gasteiger partial charge in [0.05, 0.1) is 38.8 Å². The summed E-state index contributed by atoms with van der Waals surface area (Å²) in [4.78, 5) is 30.0. The highest BCUT2D eigenvalue weighted by Crippen LogP contribution is 2.23. The average Bonchev–Trinajstić information content (AvgIpc) is 3.40. The van der Waals surface area contributed by atoms with Crippen LogP contribution >= 0.6 is 0 Å². The number of piperidine rings is 1. The van der Waals surface area contributed by atoms with Crippen molar-refractivity contribution in [3.8, 4) is 5.75 Å². The highest BCUT2D eigenvalue weighted by atomic mass is 16.5. The maximum Gasteiger partial charge on any atom is 0.226 e. The molecule has 3 aliphatic heterocycles. The van der Waals surface area contributed by atoms with Gasteiger partial charge in [-0.1, -0.05) is 18.2 Å². The Labute approximate surface area is 196 Å². The molecule has 2 amide bonds. The molecule has 3 saturated heterocycles. The van der Waals surface area contributed by atoms with Gasteiger partial charge in [-0.25, -0.2) is 0 Å². The van der Waals surface area contributed by atoms with Crippen LogP contribution in [0.4, 0.5) is 0 Å². The zero-order valence-corrected chi connectivity index (χ0v) is 19.5. The molecule has 1 aromatic carbocycles. The second-order valence-corrected chi connectivity index (χ2v) is 9.17. The van der Waals surface area contributed by atoms with Gasteiger partial charge in [-0.3, -0.25) is 14.5 Å². The van der Waals surface area contributed by atoms with Gasteiger partial charge in [0, 0.05) is 51.3 Å². The molecule has 0 aromatic heterocycles. The Morgan fingerprint density at radius 2 is 1.88 bits per heavy atom. The molecule has 0 bridgehead atoms. The molecule has 0 spiro atoms. The lowest BCUT2D eigenvalue weighted by atomic mass is 9.94. The lowest BCUT2D eigenvalue weighted by Gasteiger charge is -2.38. The van der Waals surface area contributed by atoms with E-state index in [4.69, 9.17) is 14.2 Å². The third-order valence-electron chi connectivity index (χ3n) is 6.98. The number of ether oxygens (including phenoxy) is 3. The van der Waals surface area contributed by atoms with Gasteiger partial charge in [0.1, 0.15) is 5.75 Å². The molecule has 8 heteroatoms. The molecule has 0 radical (unpaired) electrons. The fraction of sp³-hybridized carbons (Fsp3) is 0.680. The first-order valence-corrected chi connectivity index (χ1v) is 12.3. The first-order chi connectivity index (χ1) is 16.2. The number of benzene rings is 1. The van der Waals surface area contributed by atoms with Gasteiger partial charge >= 0.3 is 0 Å². The van der Waals surface area contributed by atoms with Crippen LogP contribution in [-0.4, -0.2) is 93.4 Å². The number of rotatable bonds is 9. The van der Waals surface area contributed by atoms with Gasteiger partial charge in [0.15, 0.2) is 0 Å². The van der Waals surface area contributed by atoms with Crippen LogP contribution in [0.25, 0.3) is 0 Å². The monoisotopic (exact) mass is 459 g/mol. The summed E-state index contributed by atoms with van der Waals surface area (Å²) in [5.41, 5.74) is 0. The molecule has 1 N–H and O–H groups in total. The number of hydrogen-bond acceptors (Lipinski definition) is 6. The summed E-state index contributed by atoms with van der Waals surface area (Å²) in [7, 11) is 0. The van der Waals surface area contributed by atoms with Gasteiger partial charge in [-0.2, -0.15) is 0 Å². The Morgan fingerprint density at radius 1 is 1.06 bits per heavy atom. The van der Waals surface area contributed by atoms with Crippen molar-refractivity contribution in [2.24, 2.45) is 11.8 Å². The van der Waals surface area contributed by atoms with Crippen molar-refractivity contribution in [3.05, 3.63) is 30.3 Å². The highest BCUT2D eigenvalue weighted by Gasteiger charge is 2.33. The SMILES string of the molecule is O=C(NCC(C1CCOC1)N1CCOCC1)C1CCCN(C(=O)CCOc2ccccc2)C1. The van der Waals surface area contributed by atoms with E-state index in [0.29, 0.717) is 38.6 Å². The number of likely N-dealkylation sites (tertiary alicyclic amines) is 1. The van der Waals surface area contributed by atoms with Crippen molar-refractivity contribution >= 4 is 11.8 Å². The van der Waals surface area contributed by atoms with Crippen LogP contribution in [0.2, 0.25) is 0 Å². The smallest absolute Gasteiger partial charge is 0.226 e. The molecule has 3 aliphatic rings. The van der Waals surface area contributed by atoms with E-state index in [1.165, 1.54) is 0 Å². The van der Waals surface area contributed by atoms with E-state index in [1.54, 1.807) is 0 Å². The molecular formula is C25H37N3O5. The van der Waals surface area contributed by atoms with Crippen LogP contribution in [0.1, 0.15) is 25.7 Å². The van der Waals surface area contributed by atoms with E-state index in [-0.39, 0.29) is 23.8 Å². The van der Waals surface area contributed by atoms with Gasteiger partial charge in [0.2, 0.25) is 11.8 Å². The normalized spacial score (nSPS) is 24.9. The van der Waals surface area contributed by atoms with Crippen LogP contribution in [0.15, 0.2) is 30.3 Å². The van der Waals surface area contributed by atoms with Gasteiger partial charge in [0.25, 0.3) is 0 Å². The van der Waals surface area contributed by atoms with Crippen LogP contribution in [-0.2, 0) is 19.1 Å². The van der Waals surface area contributed by atoms with E-state index in [9.17, 15) is 9.59 Å². The number of hydrogen-bond donors (Lipinski definition) is 1. The summed E-state index contributed by atoms with van der Waals surface area (Å²) >= 11 is 0. The van der Waals surface area contributed by atoms with E-state index in [2.05, 4.69) is 10.2 Å². The Kier molecular flexibility index (Phi) is 8.97. The molecular weight excluding hydrogens is 422 g/mol. The first-order valence-electron chi connectivity index (χ1n) is 12.3. The minimum absolute atomic E-state index is 0.0535. The number of morpholine rings is 1. The van der Waals surface area contributed by atoms with Crippen LogP contribution in [0.3, 0.4) is 0 Å². The van der Waals surface area contributed by atoms with Gasteiger partial charge in [-0.15, -0.1) is 0 Å². The molecule has 0 aliphatic carbocycles. The maximum absolute atomic E-state index is 13.0. The average molecular weight is 460 g/mol. The number of nitrogens with zero attached hydrogens (tertiary/aromatic N) is 2. The molecule has 182 valence electrons. The predicted molar refractivity (Wildman–Crippen MR) is 124 cm³/mol. The first kappa shape index (κ1) is 24.0. The fourth-order valence-corrected chi connectivity index (χ4v) is 5.06. The number of carbonyl (C=O) groups is 2. The summed E-state index contributed by atoms with van der Waals surface area (Å²) in [6.45, 7) is 7.01. The van der Waals surface area contributed by atoms with Crippen molar-refractivity contribution in [2.75, 3.05) is 65.8 Å². The summed E-state index contributed by atoms with van der Waals surface area (Å²) < 4.78 is 16.8. The van der Waals surface area contributed by atoms with Gasteiger partial charge in [-0.05, 0) is 31.4 Å². The number of nitrogens with one attached hydrogen (secondary N) is 1. The molecule has 3 unspecified atom stereocenters. The van der Waals surface area contributed by atoms with Crippen molar-refractivity contribution in [1.29, 1.82) is 0 Å². The summed E-state index contributed by atoms with van der Waals surface area (Å²) in [5.74, 6) is 1.17. The third kappa shape index (κ3) is 6.91. The molecule has 0 saturated carbocycles. The van der Waals surface area contributed by atoms with Crippen molar-refractivity contribution < 1.29 is 23.8 Å². The van der Waals surface area contributed by atoms with E-state index in [0.717, 1.165) is 64.5 Å². The number of para-hydroxylation sites is 1. The largest absolute Gasteiger partial charge is 0.493 e.